The minimum atomic E-state index is -0.623. The fraction of sp³-hybridized carbons (Fsp3) is 0.143. The predicted octanol–water partition coefficient (Wildman–Crippen LogP) is 4.07. The number of fused-ring (bicyclic) bond motifs is 1. The van der Waals surface area contributed by atoms with Crippen LogP contribution in [0.15, 0.2) is 34.8 Å². The number of hydrogen-bond acceptors (Lipinski definition) is 3. The Bertz CT molecular complexity index is 644. The highest BCUT2D eigenvalue weighted by atomic mass is 79.9. The zero-order valence-electron chi connectivity index (χ0n) is 10.3. The fourth-order valence-electron chi connectivity index (χ4n) is 1.95. The van der Waals surface area contributed by atoms with Crippen molar-refractivity contribution in [2.24, 2.45) is 0 Å². The van der Waals surface area contributed by atoms with E-state index >= 15 is 0 Å². The van der Waals surface area contributed by atoms with Gasteiger partial charge in [0, 0.05) is 11.0 Å². The van der Waals surface area contributed by atoms with Crippen molar-refractivity contribution in [1.82, 2.24) is 0 Å². The molecule has 6 heteroatoms. The topological polar surface area (TPSA) is 30.5 Å². The van der Waals surface area contributed by atoms with Gasteiger partial charge in [-0.3, -0.25) is 0 Å². The van der Waals surface area contributed by atoms with Crippen molar-refractivity contribution in [3.63, 3.8) is 0 Å². The van der Waals surface area contributed by atoms with Crippen molar-refractivity contribution >= 4 is 21.6 Å². The van der Waals surface area contributed by atoms with Crippen LogP contribution in [0.5, 0.6) is 11.5 Å². The van der Waals surface area contributed by atoms with Crippen LogP contribution in [-0.4, -0.2) is 6.79 Å². The van der Waals surface area contributed by atoms with E-state index in [-0.39, 0.29) is 19.0 Å². The number of nitrogens with one attached hydrogen (secondary N) is 1. The Morgan fingerprint density at radius 3 is 2.45 bits per heavy atom. The van der Waals surface area contributed by atoms with E-state index in [2.05, 4.69) is 21.2 Å². The Kier molecular flexibility index (Phi) is 3.48. The first kappa shape index (κ1) is 13.2. The molecule has 0 aliphatic carbocycles. The van der Waals surface area contributed by atoms with Gasteiger partial charge in [-0.1, -0.05) is 22.0 Å². The second-order valence-electron chi connectivity index (χ2n) is 4.25. The second-order valence-corrected chi connectivity index (χ2v) is 5.10. The van der Waals surface area contributed by atoms with Gasteiger partial charge in [-0.15, -0.1) is 0 Å². The summed E-state index contributed by atoms with van der Waals surface area (Å²) in [5, 5.41) is 2.75. The summed E-state index contributed by atoms with van der Waals surface area (Å²) in [6, 6.07) is 7.29. The lowest BCUT2D eigenvalue weighted by Gasteiger charge is -2.10. The summed E-state index contributed by atoms with van der Waals surface area (Å²) in [6.45, 7) is 0.440. The number of halogens is 3. The highest BCUT2D eigenvalue weighted by Crippen LogP contribution is 2.37. The third-order valence-corrected chi connectivity index (χ3v) is 3.70. The minimum Gasteiger partial charge on any atom is -0.454 e. The maximum atomic E-state index is 13.5. The molecule has 0 saturated heterocycles. The molecule has 2 aromatic rings. The number of benzene rings is 2. The smallest absolute Gasteiger partial charge is 0.231 e. The molecule has 0 unspecified atom stereocenters. The van der Waals surface area contributed by atoms with E-state index < -0.39 is 11.6 Å². The first-order chi connectivity index (χ1) is 9.65. The van der Waals surface area contributed by atoms with E-state index in [4.69, 9.17) is 9.47 Å². The largest absolute Gasteiger partial charge is 0.454 e. The van der Waals surface area contributed by atoms with E-state index in [9.17, 15) is 8.78 Å². The van der Waals surface area contributed by atoms with Gasteiger partial charge in [-0.25, -0.2) is 8.78 Å². The molecule has 1 aliphatic heterocycles. The molecule has 0 fully saturated rings. The number of hydrogen-bond donors (Lipinski definition) is 1. The molecule has 3 rings (SSSR count). The number of ether oxygens (including phenoxy) is 2. The SMILES string of the molecule is Fc1cccc(F)c1NCc1cc2c(cc1Br)OCO2. The van der Waals surface area contributed by atoms with Crippen molar-refractivity contribution in [3.8, 4) is 11.5 Å². The van der Waals surface area contributed by atoms with Gasteiger partial charge in [0.2, 0.25) is 6.79 Å². The van der Waals surface area contributed by atoms with Gasteiger partial charge in [0.1, 0.15) is 17.3 Å². The quantitative estimate of drug-likeness (QED) is 0.912. The van der Waals surface area contributed by atoms with E-state index in [1.54, 1.807) is 12.1 Å². The number of para-hydroxylation sites is 1. The van der Waals surface area contributed by atoms with Gasteiger partial charge in [-0.2, -0.15) is 0 Å². The summed E-state index contributed by atoms with van der Waals surface area (Å²) in [5.41, 5.74) is 0.675. The van der Waals surface area contributed by atoms with E-state index in [1.807, 2.05) is 0 Å². The lowest BCUT2D eigenvalue weighted by atomic mass is 10.2. The Morgan fingerprint density at radius 1 is 1.10 bits per heavy atom. The Hall–Kier alpha value is -1.82. The maximum Gasteiger partial charge on any atom is 0.231 e. The standard InChI is InChI=1S/C14H10BrF2NO2/c15-9-5-13-12(19-7-20-13)4-8(9)6-18-14-10(16)2-1-3-11(14)17/h1-5,18H,6-7H2. The molecule has 0 radical (unpaired) electrons. The van der Waals surface area contributed by atoms with Crippen LogP contribution < -0.4 is 14.8 Å². The van der Waals surface area contributed by atoms with E-state index in [1.165, 1.54) is 18.2 Å². The van der Waals surface area contributed by atoms with Crippen LogP contribution in [-0.2, 0) is 6.54 Å². The lowest BCUT2D eigenvalue weighted by molar-refractivity contribution is 0.174. The third-order valence-electron chi connectivity index (χ3n) is 2.96. The van der Waals surface area contributed by atoms with Gasteiger partial charge in [-0.05, 0) is 29.8 Å². The lowest BCUT2D eigenvalue weighted by Crippen LogP contribution is -2.04. The van der Waals surface area contributed by atoms with Crippen molar-refractivity contribution in [3.05, 3.63) is 52.0 Å². The molecule has 0 atom stereocenters. The van der Waals surface area contributed by atoms with Crippen molar-refractivity contribution in [2.45, 2.75) is 6.54 Å². The molecule has 0 spiro atoms. The zero-order chi connectivity index (χ0) is 14.1. The molecule has 104 valence electrons. The monoisotopic (exact) mass is 341 g/mol. The Morgan fingerprint density at radius 2 is 1.75 bits per heavy atom. The summed E-state index contributed by atoms with van der Waals surface area (Å²) in [5.74, 6) is 0.0282. The Balaban J connectivity index is 1.82. The highest BCUT2D eigenvalue weighted by Gasteiger charge is 2.16. The van der Waals surface area contributed by atoms with Gasteiger partial charge in [0.25, 0.3) is 0 Å². The van der Waals surface area contributed by atoms with Crippen LogP contribution in [0.25, 0.3) is 0 Å². The van der Waals surface area contributed by atoms with Gasteiger partial charge >= 0.3 is 0 Å². The number of rotatable bonds is 3. The molecule has 0 aromatic heterocycles. The summed E-state index contributed by atoms with van der Waals surface area (Å²) in [7, 11) is 0. The molecule has 1 heterocycles. The summed E-state index contributed by atoms with van der Waals surface area (Å²) >= 11 is 3.40. The molecule has 1 N–H and O–H groups in total. The van der Waals surface area contributed by atoms with Crippen LogP contribution in [0.3, 0.4) is 0 Å². The van der Waals surface area contributed by atoms with Crippen LogP contribution in [0.4, 0.5) is 14.5 Å². The summed E-state index contributed by atoms with van der Waals surface area (Å²) in [4.78, 5) is 0. The molecule has 20 heavy (non-hydrogen) atoms. The van der Waals surface area contributed by atoms with E-state index in [0.29, 0.717) is 11.5 Å². The van der Waals surface area contributed by atoms with Gasteiger partial charge in [0.05, 0.1) is 0 Å². The molecule has 0 bridgehead atoms. The normalized spacial score (nSPS) is 12.6. The van der Waals surface area contributed by atoms with Gasteiger partial charge < -0.3 is 14.8 Å². The molecular weight excluding hydrogens is 332 g/mol. The second kappa shape index (κ2) is 5.28. The van der Waals surface area contributed by atoms with Crippen molar-refractivity contribution in [1.29, 1.82) is 0 Å². The molecule has 0 saturated carbocycles. The highest BCUT2D eigenvalue weighted by molar-refractivity contribution is 9.10. The van der Waals surface area contributed by atoms with Crippen molar-refractivity contribution in [2.75, 3.05) is 12.1 Å². The molecule has 3 nitrogen and oxygen atoms in total. The first-order valence-corrected chi connectivity index (χ1v) is 6.70. The average molecular weight is 342 g/mol. The first-order valence-electron chi connectivity index (χ1n) is 5.91. The maximum absolute atomic E-state index is 13.5. The molecule has 1 aliphatic rings. The summed E-state index contributed by atoms with van der Waals surface area (Å²) in [6.07, 6.45) is 0. The predicted molar refractivity (Wildman–Crippen MR) is 73.9 cm³/mol. The van der Waals surface area contributed by atoms with Crippen molar-refractivity contribution < 1.29 is 18.3 Å². The fourth-order valence-corrected chi connectivity index (χ4v) is 2.41. The van der Waals surface area contributed by atoms with Crippen LogP contribution >= 0.6 is 15.9 Å². The molecule has 2 aromatic carbocycles. The summed E-state index contributed by atoms with van der Waals surface area (Å²) < 4.78 is 38.3. The number of anilines is 1. The van der Waals surface area contributed by atoms with E-state index in [0.717, 1.165) is 10.0 Å². The van der Waals surface area contributed by atoms with Crippen LogP contribution in [0, 0.1) is 11.6 Å². The third kappa shape index (κ3) is 2.43. The average Bonchev–Trinajstić information content (AvgIpc) is 2.85. The zero-order valence-corrected chi connectivity index (χ0v) is 11.8. The minimum absolute atomic E-state index is 0.142. The van der Waals surface area contributed by atoms with Gasteiger partial charge in [0.15, 0.2) is 11.5 Å². The molecular formula is C14H10BrF2NO2. The molecule has 0 amide bonds. The Labute approximate surface area is 122 Å². The van der Waals surface area contributed by atoms with Crippen LogP contribution in [0.2, 0.25) is 0 Å². The van der Waals surface area contributed by atoms with Crippen LogP contribution in [0.1, 0.15) is 5.56 Å².